The van der Waals surface area contributed by atoms with Crippen LogP contribution in [0.1, 0.15) is 11.1 Å². The first-order valence-corrected chi connectivity index (χ1v) is 12.8. The number of benzene rings is 2. The summed E-state index contributed by atoms with van der Waals surface area (Å²) in [5.74, 6) is 1.81. The first-order valence-electron chi connectivity index (χ1n) is 12.8. The number of nitrogens with zero attached hydrogens (tertiary/aromatic N) is 5. The van der Waals surface area contributed by atoms with Crippen LogP contribution in [0.5, 0.6) is 0 Å². The molecular formula is C27H37N7O3. The van der Waals surface area contributed by atoms with E-state index in [-0.39, 0.29) is 0 Å². The van der Waals surface area contributed by atoms with Gasteiger partial charge >= 0.3 is 0 Å². The van der Waals surface area contributed by atoms with Crippen molar-refractivity contribution < 1.29 is 14.2 Å². The van der Waals surface area contributed by atoms with E-state index >= 15 is 0 Å². The van der Waals surface area contributed by atoms with Gasteiger partial charge in [0.1, 0.15) is 0 Å². The van der Waals surface area contributed by atoms with Gasteiger partial charge in [-0.05, 0) is 11.1 Å². The van der Waals surface area contributed by atoms with Crippen LogP contribution in [0.15, 0.2) is 60.7 Å². The van der Waals surface area contributed by atoms with E-state index in [0.29, 0.717) is 83.7 Å². The molecule has 10 heteroatoms. The Bertz CT molecular complexity index is 995. The minimum absolute atomic E-state index is 0.512. The van der Waals surface area contributed by atoms with Crippen molar-refractivity contribution >= 4 is 17.8 Å². The Morgan fingerprint density at radius 1 is 0.811 bits per heavy atom. The third kappa shape index (κ3) is 8.94. The number of nitrogens with one attached hydrogen (secondary N) is 1. The topological polar surface area (TPSA) is 111 Å². The average molecular weight is 508 g/mol. The van der Waals surface area contributed by atoms with E-state index in [1.165, 1.54) is 11.1 Å². The fourth-order valence-corrected chi connectivity index (χ4v) is 3.92. The lowest BCUT2D eigenvalue weighted by molar-refractivity contribution is 0.0547. The fraction of sp³-hybridized carbons (Fsp3) is 0.444. The first kappa shape index (κ1) is 26.7. The molecule has 0 atom stereocenters. The molecule has 0 spiro atoms. The molecule has 37 heavy (non-hydrogen) atoms. The average Bonchev–Trinajstić information content (AvgIpc) is 2.95. The van der Waals surface area contributed by atoms with Crippen LogP contribution in [0.3, 0.4) is 0 Å². The molecule has 1 aliphatic rings. The molecule has 0 saturated carbocycles. The third-order valence-corrected chi connectivity index (χ3v) is 5.78. The number of hydrogen-bond acceptors (Lipinski definition) is 10. The highest BCUT2D eigenvalue weighted by Crippen LogP contribution is 2.21. The maximum absolute atomic E-state index is 5.65. The van der Waals surface area contributed by atoms with Crippen LogP contribution in [0.25, 0.3) is 0 Å². The fourth-order valence-electron chi connectivity index (χ4n) is 3.92. The van der Waals surface area contributed by atoms with Crippen molar-refractivity contribution in [3.63, 3.8) is 0 Å². The minimum atomic E-state index is 0.512. The molecule has 1 fully saturated rings. The van der Waals surface area contributed by atoms with Gasteiger partial charge in [0.25, 0.3) is 0 Å². The van der Waals surface area contributed by atoms with Gasteiger partial charge in [-0.25, -0.2) is 0 Å². The van der Waals surface area contributed by atoms with Crippen molar-refractivity contribution in [2.75, 3.05) is 80.9 Å². The number of rotatable bonds is 15. The second kappa shape index (κ2) is 15.1. The molecule has 1 aromatic heterocycles. The normalized spacial score (nSPS) is 13.5. The van der Waals surface area contributed by atoms with Gasteiger partial charge in [0.15, 0.2) is 0 Å². The molecule has 2 aromatic carbocycles. The van der Waals surface area contributed by atoms with Gasteiger partial charge in [-0.15, -0.1) is 0 Å². The molecule has 1 aliphatic heterocycles. The Hall–Kier alpha value is -3.31. The van der Waals surface area contributed by atoms with Gasteiger partial charge in [0.05, 0.1) is 39.6 Å². The Morgan fingerprint density at radius 2 is 1.43 bits per heavy atom. The largest absolute Gasteiger partial charge is 0.378 e. The quantitative estimate of drug-likeness (QED) is 0.297. The van der Waals surface area contributed by atoms with E-state index in [1.54, 1.807) is 0 Å². The molecule has 4 rings (SSSR count). The van der Waals surface area contributed by atoms with E-state index in [2.05, 4.69) is 63.6 Å². The highest BCUT2D eigenvalue weighted by Gasteiger charge is 2.20. The Kier molecular flexibility index (Phi) is 10.9. The summed E-state index contributed by atoms with van der Waals surface area (Å²) >= 11 is 0. The second-order valence-electron chi connectivity index (χ2n) is 8.63. The molecular weight excluding hydrogens is 470 g/mol. The van der Waals surface area contributed by atoms with Gasteiger partial charge in [-0.3, -0.25) is 0 Å². The van der Waals surface area contributed by atoms with Crippen molar-refractivity contribution in [3.05, 3.63) is 71.8 Å². The lowest BCUT2D eigenvalue weighted by Gasteiger charge is -2.29. The summed E-state index contributed by atoms with van der Waals surface area (Å²) < 4.78 is 16.5. The van der Waals surface area contributed by atoms with Crippen molar-refractivity contribution in [1.29, 1.82) is 0 Å². The number of nitrogens with two attached hydrogens (primary N) is 1. The summed E-state index contributed by atoms with van der Waals surface area (Å²) in [5, 5.41) is 3.32. The van der Waals surface area contributed by atoms with Crippen molar-refractivity contribution in [1.82, 2.24) is 15.0 Å². The molecule has 2 heterocycles. The SMILES string of the molecule is NCCOCCOCCNc1nc(N2CCOCC2)nc(N(Cc2ccccc2)Cc2ccccc2)n1. The Labute approximate surface area is 218 Å². The predicted octanol–water partition coefficient (Wildman–Crippen LogP) is 2.32. The molecule has 0 amide bonds. The smallest absolute Gasteiger partial charge is 0.232 e. The lowest BCUT2D eigenvalue weighted by atomic mass is 10.2. The monoisotopic (exact) mass is 507 g/mol. The van der Waals surface area contributed by atoms with Crippen LogP contribution < -0.4 is 20.9 Å². The minimum Gasteiger partial charge on any atom is -0.378 e. The van der Waals surface area contributed by atoms with Gasteiger partial charge in [-0.1, -0.05) is 60.7 Å². The molecule has 0 unspecified atom stereocenters. The van der Waals surface area contributed by atoms with E-state index in [1.807, 2.05) is 12.1 Å². The van der Waals surface area contributed by atoms with E-state index in [4.69, 9.17) is 34.9 Å². The Morgan fingerprint density at radius 3 is 2.05 bits per heavy atom. The van der Waals surface area contributed by atoms with Crippen molar-refractivity contribution in [2.24, 2.45) is 5.73 Å². The molecule has 3 N–H and O–H groups in total. The van der Waals surface area contributed by atoms with Crippen molar-refractivity contribution in [3.8, 4) is 0 Å². The van der Waals surface area contributed by atoms with Crippen LogP contribution in [0.4, 0.5) is 17.8 Å². The van der Waals surface area contributed by atoms with E-state index in [0.717, 1.165) is 13.1 Å². The van der Waals surface area contributed by atoms with Gasteiger partial charge < -0.3 is 35.1 Å². The molecule has 3 aromatic rings. The summed E-state index contributed by atoms with van der Waals surface area (Å²) in [4.78, 5) is 18.8. The Balaban J connectivity index is 1.51. The van der Waals surface area contributed by atoms with Crippen molar-refractivity contribution in [2.45, 2.75) is 13.1 Å². The van der Waals surface area contributed by atoms with Crippen LogP contribution in [0.2, 0.25) is 0 Å². The van der Waals surface area contributed by atoms with Gasteiger partial charge in [0, 0.05) is 39.3 Å². The number of morpholine rings is 1. The number of aromatic nitrogens is 3. The zero-order valence-electron chi connectivity index (χ0n) is 21.3. The van der Waals surface area contributed by atoms with E-state index in [9.17, 15) is 0 Å². The molecule has 0 radical (unpaired) electrons. The predicted molar refractivity (Wildman–Crippen MR) is 145 cm³/mol. The number of ether oxygens (including phenoxy) is 3. The zero-order chi connectivity index (χ0) is 25.5. The van der Waals surface area contributed by atoms with Crippen LogP contribution in [-0.4, -0.2) is 80.8 Å². The molecule has 198 valence electrons. The third-order valence-electron chi connectivity index (χ3n) is 5.78. The van der Waals surface area contributed by atoms with E-state index < -0.39 is 0 Å². The highest BCUT2D eigenvalue weighted by atomic mass is 16.5. The summed E-state index contributed by atoms with van der Waals surface area (Å²) in [6.07, 6.45) is 0. The second-order valence-corrected chi connectivity index (χ2v) is 8.63. The van der Waals surface area contributed by atoms with Gasteiger partial charge in [0.2, 0.25) is 17.8 Å². The molecule has 0 aliphatic carbocycles. The zero-order valence-corrected chi connectivity index (χ0v) is 21.3. The number of anilines is 3. The number of hydrogen-bond donors (Lipinski definition) is 2. The maximum atomic E-state index is 5.65. The summed E-state index contributed by atoms with van der Waals surface area (Å²) in [5.41, 5.74) is 7.81. The first-order chi connectivity index (χ1) is 18.3. The lowest BCUT2D eigenvalue weighted by Crippen LogP contribution is -2.38. The molecule has 10 nitrogen and oxygen atoms in total. The summed E-state index contributed by atoms with van der Waals surface area (Å²) in [7, 11) is 0. The molecule has 1 saturated heterocycles. The maximum Gasteiger partial charge on any atom is 0.232 e. The highest BCUT2D eigenvalue weighted by molar-refractivity contribution is 5.46. The van der Waals surface area contributed by atoms with Crippen LogP contribution in [0, 0.1) is 0 Å². The van der Waals surface area contributed by atoms with Crippen LogP contribution >= 0.6 is 0 Å². The standard InChI is InChI=1S/C27H37N7O3/c28-11-15-35-19-20-36-16-12-29-25-30-26(33-13-17-37-18-14-33)32-27(31-25)34(21-23-7-3-1-4-8-23)22-24-9-5-2-6-10-24/h1-10H,11-22,28H2,(H,29,30,31,32). The summed E-state index contributed by atoms with van der Waals surface area (Å²) in [6, 6.07) is 20.7. The van der Waals surface area contributed by atoms with Crippen LogP contribution in [-0.2, 0) is 27.3 Å². The summed E-state index contributed by atoms with van der Waals surface area (Å²) in [6.45, 7) is 7.33. The van der Waals surface area contributed by atoms with Gasteiger partial charge in [-0.2, -0.15) is 15.0 Å². The molecule has 0 bridgehead atoms.